The van der Waals surface area contributed by atoms with Crippen molar-refractivity contribution in [3.05, 3.63) is 29.8 Å². The van der Waals surface area contributed by atoms with E-state index in [1.165, 1.54) is 4.31 Å². The Balaban J connectivity index is 3.09. The predicted octanol–water partition coefficient (Wildman–Crippen LogP) is 1.83. The molecule has 18 heavy (non-hydrogen) atoms. The molecule has 0 aliphatic heterocycles. The van der Waals surface area contributed by atoms with E-state index >= 15 is 0 Å². The monoisotopic (exact) mass is 270 g/mol. The molecule has 1 aromatic carbocycles. The lowest BCUT2D eigenvalue weighted by Gasteiger charge is -2.18. The molecule has 0 bridgehead atoms. The minimum atomic E-state index is -3.37. The SMILES string of the molecule is CCN(C)S(=O)(=O)c1ccccc1CNC(C)C. The Morgan fingerprint density at radius 1 is 1.28 bits per heavy atom. The number of nitrogens with one attached hydrogen (secondary N) is 1. The molecule has 0 amide bonds. The van der Waals surface area contributed by atoms with Crippen molar-refractivity contribution in [3.8, 4) is 0 Å². The van der Waals surface area contributed by atoms with Crippen LogP contribution in [-0.2, 0) is 16.6 Å². The summed E-state index contributed by atoms with van der Waals surface area (Å²) in [6, 6.07) is 7.46. The van der Waals surface area contributed by atoms with Gasteiger partial charge >= 0.3 is 0 Å². The van der Waals surface area contributed by atoms with Crippen LogP contribution in [0, 0.1) is 0 Å². The molecular weight excluding hydrogens is 248 g/mol. The topological polar surface area (TPSA) is 49.4 Å². The van der Waals surface area contributed by atoms with E-state index in [0.717, 1.165) is 5.56 Å². The van der Waals surface area contributed by atoms with E-state index < -0.39 is 10.0 Å². The lowest BCUT2D eigenvalue weighted by atomic mass is 10.2. The average Bonchev–Trinajstić information content (AvgIpc) is 2.35. The van der Waals surface area contributed by atoms with Crippen molar-refractivity contribution in [1.82, 2.24) is 9.62 Å². The van der Waals surface area contributed by atoms with Gasteiger partial charge in [0.25, 0.3) is 0 Å². The van der Waals surface area contributed by atoms with Gasteiger partial charge in [0.1, 0.15) is 0 Å². The van der Waals surface area contributed by atoms with Gasteiger partial charge in [0, 0.05) is 26.2 Å². The molecule has 1 N–H and O–H groups in total. The molecule has 0 aliphatic carbocycles. The summed E-state index contributed by atoms with van der Waals surface area (Å²) in [5, 5.41) is 3.25. The number of rotatable bonds is 6. The molecule has 0 spiro atoms. The van der Waals surface area contributed by atoms with Crippen LogP contribution in [0.4, 0.5) is 0 Å². The Hall–Kier alpha value is -0.910. The smallest absolute Gasteiger partial charge is 0.243 e. The highest BCUT2D eigenvalue weighted by Gasteiger charge is 2.22. The minimum absolute atomic E-state index is 0.324. The fourth-order valence-corrected chi connectivity index (χ4v) is 2.95. The molecule has 1 aromatic rings. The molecule has 102 valence electrons. The first-order valence-electron chi connectivity index (χ1n) is 6.17. The fourth-order valence-electron chi connectivity index (χ4n) is 1.55. The summed E-state index contributed by atoms with van der Waals surface area (Å²) >= 11 is 0. The number of sulfonamides is 1. The van der Waals surface area contributed by atoms with Crippen LogP contribution in [-0.4, -0.2) is 32.4 Å². The van der Waals surface area contributed by atoms with Gasteiger partial charge in [-0.15, -0.1) is 0 Å². The van der Waals surface area contributed by atoms with Crippen LogP contribution in [0.25, 0.3) is 0 Å². The summed E-state index contributed by atoms with van der Waals surface area (Å²) in [6.07, 6.45) is 0. The van der Waals surface area contributed by atoms with Crippen LogP contribution in [0.5, 0.6) is 0 Å². The number of benzene rings is 1. The summed E-state index contributed by atoms with van der Waals surface area (Å²) in [6.45, 7) is 6.93. The molecule has 0 saturated carbocycles. The quantitative estimate of drug-likeness (QED) is 0.858. The standard InChI is InChI=1S/C13H22N2O2S/c1-5-15(4)18(16,17)13-9-7-6-8-12(13)10-14-11(2)3/h6-9,11,14H,5,10H2,1-4H3. The third-order valence-electron chi connectivity index (χ3n) is 2.81. The summed E-state index contributed by atoms with van der Waals surface area (Å²) in [4.78, 5) is 0.391. The van der Waals surface area contributed by atoms with Crippen LogP contribution in [0.2, 0.25) is 0 Å². The first kappa shape index (κ1) is 15.1. The van der Waals surface area contributed by atoms with E-state index in [0.29, 0.717) is 24.0 Å². The Morgan fingerprint density at radius 2 is 1.89 bits per heavy atom. The molecule has 0 heterocycles. The fraction of sp³-hybridized carbons (Fsp3) is 0.538. The minimum Gasteiger partial charge on any atom is -0.310 e. The summed E-state index contributed by atoms with van der Waals surface area (Å²) in [5.74, 6) is 0. The van der Waals surface area contributed by atoms with Crippen molar-refractivity contribution in [2.75, 3.05) is 13.6 Å². The summed E-state index contributed by atoms with van der Waals surface area (Å²) < 4.78 is 26.0. The van der Waals surface area contributed by atoms with Crippen molar-refractivity contribution in [3.63, 3.8) is 0 Å². The molecule has 0 unspecified atom stereocenters. The molecule has 0 fully saturated rings. The van der Waals surface area contributed by atoms with Crippen molar-refractivity contribution in [2.24, 2.45) is 0 Å². The summed E-state index contributed by atoms with van der Waals surface area (Å²) in [7, 11) is -1.78. The van der Waals surface area contributed by atoms with Gasteiger partial charge in [0.15, 0.2) is 0 Å². The number of hydrogen-bond donors (Lipinski definition) is 1. The zero-order valence-corrected chi connectivity index (χ0v) is 12.3. The highest BCUT2D eigenvalue weighted by atomic mass is 32.2. The zero-order valence-electron chi connectivity index (χ0n) is 11.5. The highest BCUT2D eigenvalue weighted by molar-refractivity contribution is 7.89. The van der Waals surface area contributed by atoms with E-state index in [4.69, 9.17) is 0 Å². The molecule has 0 atom stereocenters. The van der Waals surface area contributed by atoms with Crippen molar-refractivity contribution < 1.29 is 8.42 Å². The Labute approximate surface area is 110 Å². The number of hydrogen-bond acceptors (Lipinski definition) is 3. The van der Waals surface area contributed by atoms with Crippen LogP contribution in [0.3, 0.4) is 0 Å². The van der Waals surface area contributed by atoms with E-state index in [1.807, 2.05) is 32.9 Å². The molecule has 0 radical (unpaired) electrons. The van der Waals surface area contributed by atoms with Gasteiger partial charge in [-0.25, -0.2) is 12.7 Å². The lowest BCUT2D eigenvalue weighted by Crippen LogP contribution is -2.29. The maximum atomic E-state index is 12.3. The molecule has 0 aliphatic rings. The van der Waals surface area contributed by atoms with Crippen molar-refractivity contribution in [2.45, 2.75) is 38.3 Å². The normalized spacial score (nSPS) is 12.3. The van der Waals surface area contributed by atoms with Gasteiger partial charge in [-0.3, -0.25) is 0 Å². The lowest BCUT2D eigenvalue weighted by molar-refractivity contribution is 0.484. The molecular formula is C13H22N2O2S. The van der Waals surface area contributed by atoms with Crippen LogP contribution in [0.1, 0.15) is 26.3 Å². The predicted molar refractivity (Wildman–Crippen MR) is 73.9 cm³/mol. The van der Waals surface area contributed by atoms with Crippen LogP contribution < -0.4 is 5.32 Å². The van der Waals surface area contributed by atoms with Crippen LogP contribution >= 0.6 is 0 Å². The van der Waals surface area contributed by atoms with E-state index in [-0.39, 0.29) is 0 Å². The van der Waals surface area contributed by atoms with Gasteiger partial charge in [0.2, 0.25) is 10.0 Å². The third-order valence-corrected chi connectivity index (χ3v) is 4.84. The second-order valence-electron chi connectivity index (χ2n) is 4.56. The van der Waals surface area contributed by atoms with Gasteiger partial charge in [-0.1, -0.05) is 39.0 Å². The molecule has 1 rings (SSSR count). The first-order valence-corrected chi connectivity index (χ1v) is 7.61. The van der Waals surface area contributed by atoms with E-state index in [2.05, 4.69) is 5.32 Å². The second-order valence-corrected chi connectivity index (χ2v) is 6.58. The van der Waals surface area contributed by atoms with Gasteiger partial charge in [-0.2, -0.15) is 0 Å². The molecule has 4 nitrogen and oxygen atoms in total. The highest BCUT2D eigenvalue weighted by Crippen LogP contribution is 2.19. The number of nitrogens with zero attached hydrogens (tertiary/aromatic N) is 1. The average molecular weight is 270 g/mol. The first-order chi connectivity index (χ1) is 8.39. The third kappa shape index (κ3) is 3.54. The van der Waals surface area contributed by atoms with E-state index in [9.17, 15) is 8.42 Å². The largest absolute Gasteiger partial charge is 0.310 e. The van der Waals surface area contributed by atoms with Gasteiger partial charge in [0.05, 0.1) is 4.90 Å². The maximum absolute atomic E-state index is 12.3. The maximum Gasteiger partial charge on any atom is 0.243 e. The van der Waals surface area contributed by atoms with Crippen molar-refractivity contribution in [1.29, 1.82) is 0 Å². The van der Waals surface area contributed by atoms with E-state index in [1.54, 1.807) is 19.2 Å². The molecule has 5 heteroatoms. The van der Waals surface area contributed by atoms with Gasteiger partial charge < -0.3 is 5.32 Å². The Bertz CT molecular complexity index is 484. The van der Waals surface area contributed by atoms with Crippen molar-refractivity contribution >= 4 is 10.0 Å². The second kappa shape index (κ2) is 6.31. The zero-order chi connectivity index (χ0) is 13.8. The Morgan fingerprint density at radius 3 is 2.44 bits per heavy atom. The molecule has 0 saturated heterocycles. The molecule has 0 aromatic heterocycles. The Kier molecular flexibility index (Phi) is 5.31. The summed E-state index contributed by atoms with van der Waals surface area (Å²) in [5.41, 5.74) is 0.812. The van der Waals surface area contributed by atoms with Crippen LogP contribution in [0.15, 0.2) is 29.2 Å². The van der Waals surface area contributed by atoms with Gasteiger partial charge in [-0.05, 0) is 11.6 Å².